The lowest BCUT2D eigenvalue weighted by Crippen LogP contribution is -2.28. The fourth-order valence-corrected chi connectivity index (χ4v) is 5.61. The van der Waals surface area contributed by atoms with E-state index in [1.54, 1.807) is 11.3 Å². The molecule has 4 aromatic rings. The fourth-order valence-electron chi connectivity index (χ4n) is 4.71. The highest BCUT2D eigenvalue weighted by atomic mass is 32.1. The van der Waals surface area contributed by atoms with E-state index < -0.39 is 5.60 Å². The summed E-state index contributed by atoms with van der Waals surface area (Å²) >= 11 is 1.61. The highest BCUT2D eigenvalue weighted by Crippen LogP contribution is 2.57. The number of benzene rings is 2. The van der Waals surface area contributed by atoms with Crippen LogP contribution >= 0.6 is 11.3 Å². The van der Waals surface area contributed by atoms with Gasteiger partial charge in [0, 0.05) is 33.6 Å². The van der Waals surface area contributed by atoms with Crippen LogP contribution in [0.3, 0.4) is 0 Å². The molecule has 1 aliphatic carbocycles. The predicted octanol–water partition coefficient (Wildman–Crippen LogP) is 6.42. The Morgan fingerprint density at radius 1 is 1.14 bits per heavy atom. The van der Waals surface area contributed by atoms with Gasteiger partial charge in [-0.3, -0.25) is 9.78 Å². The van der Waals surface area contributed by atoms with Crippen molar-refractivity contribution in [2.24, 2.45) is 5.92 Å². The summed E-state index contributed by atoms with van der Waals surface area (Å²) < 4.78 is 11.8. The van der Waals surface area contributed by atoms with E-state index in [4.69, 9.17) is 9.47 Å². The summed E-state index contributed by atoms with van der Waals surface area (Å²) in [6.45, 7) is 8.21. The molecule has 2 atom stereocenters. The van der Waals surface area contributed by atoms with Crippen LogP contribution in [0.25, 0.3) is 10.9 Å². The molecule has 1 fully saturated rings. The van der Waals surface area contributed by atoms with Crippen molar-refractivity contribution in [3.05, 3.63) is 88.0 Å². The van der Waals surface area contributed by atoms with Crippen molar-refractivity contribution in [3.63, 3.8) is 0 Å². The number of rotatable bonds is 7. The quantitative estimate of drug-likeness (QED) is 0.282. The van der Waals surface area contributed by atoms with Gasteiger partial charge in [0.05, 0.1) is 16.4 Å². The first-order chi connectivity index (χ1) is 16.7. The topological polar surface area (TPSA) is 61.3 Å². The molecule has 35 heavy (non-hydrogen) atoms. The monoisotopic (exact) mass is 486 g/mol. The Morgan fingerprint density at radius 2 is 1.91 bits per heavy atom. The zero-order valence-electron chi connectivity index (χ0n) is 20.6. The van der Waals surface area contributed by atoms with Gasteiger partial charge in [-0.2, -0.15) is 0 Å². The lowest BCUT2D eigenvalue weighted by molar-refractivity contribution is -0.157. The largest absolute Gasteiger partial charge is 0.489 e. The van der Waals surface area contributed by atoms with Gasteiger partial charge in [-0.15, -0.1) is 11.3 Å². The van der Waals surface area contributed by atoms with Gasteiger partial charge in [0.15, 0.2) is 0 Å². The predicted molar refractivity (Wildman–Crippen MR) is 139 cm³/mol. The summed E-state index contributed by atoms with van der Waals surface area (Å²) in [5.74, 6) is 0.523. The summed E-state index contributed by atoms with van der Waals surface area (Å²) in [7, 11) is 0. The van der Waals surface area contributed by atoms with Gasteiger partial charge >= 0.3 is 5.97 Å². The van der Waals surface area contributed by atoms with Crippen molar-refractivity contribution in [2.75, 3.05) is 0 Å². The van der Waals surface area contributed by atoms with E-state index >= 15 is 0 Å². The van der Waals surface area contributed by atoms with Crippen LogP contribution < -0.4 is 4.74 Å². The van der Waals surface area contributed by atoms with Crippen molar-refractivity contribution in [1.82, 2.24) is 9.97 Å². The van der Waals surface area contributed by atoms with Crippen molar-refractivity contribution >= 4 is 28.2 Å². The molecule has 0 saturated heterocycles. The van der Waals surface area contributed by atoms with Crippen LogP contribution in [-0.4, -0.2) is 21.5 Å². The van der Waals surface area contributed by atoms with Crippen LogP contribution in [0.4, 0.5) is 0 Å². The van der Waals surface area contributed by atoms with Gasteiger partial charge in [-0.1, -0.05) is 30.3 Å². The number of para-hydroxylation sites is 1. The molecule has 2 aromatic heterocycles. The van der Waals surface area contributed by atoms with Gasteiger partial charge in [0.25, 0.3) is 0 Å². The summed E-state index contributed by atoms with van der Waals surface area (Å²) in [5.41, 5.74) is 3.46. The van der Waals surface area contributed by atoms with Crippen molar-refractivity contribution < 1.29 is 14.3 Å². The highest BCUT2D eigenvalue weighted by molar-refractivity contribution is 7.09. The summed E-state index contributed by atoms with van der Waals surface area (Å²) in [4.78, 5) is 22.0. The van der Waals surface area contributed by atoms with E-state index in [0.29, 0.717) is 6.61 Å². The number of carbonyl (C=O) groups excluding carboxylic acids is 1. The molecule has 6 heteroatoms. The first-order valence-corrected chi connectivity index (χ1v) is 12.8. The van der Waals surface area contributed by atoms with E-state index in [9.17, 15) is 4.79 Å². The van der Waals surface area contributed by atoms with Crippen LogP contribution in [0.15, 0.2) is 66.2 Å². The molecule has 5 rings (SSSR count). The summed E-state index contributed by atoms with van der Waals surface area (Å²) in [5, 5.41) is 4.10. The normalized spacial score (nSPS) is 19.5. The molecular weight excluding hydrogens is 456 g/mol. The third-order valence-electron chi connectivity index (χ3n) is 6.39. The number of hydrogen-bond donors (Lipinski definition) is 0. The van der Waals surface area contributed by atoms with Gasteiger partial charge in [0.2, 0.25) is 0 Å². The number of esters is 1. The molecule has 5 nitrogen and oxygen atoms in total. The lowest BCUT2D eigenvalue weighted by Gasteiger charge is -2.21. The molecule has 2 unspecified atom stereocenters. The lowest BCUT2D eigenvalue weighted by atomic mass is 9.94. The second-order valence-electron chi connectivity index (χ2n) is 10.3. The van der Waals surface area contributed by atoms with Crippen LogP contribution in [-0.2, 0) is 28.0 Å². The third kappa shape index (κ3) is 5.08. The Morgan fingerprint density at radius 3 is 2.63 bits per heavy atom. The van der Waals surface area contributed by atoms with Gasteiger partial charge in [-0.05, 0) is 70.4 Å². The average Bonchev–Trinajstić information content (AvgIpc) is 3.26. The molecule has 180 valence electrons. The van der Waals surface area contributed by atoms with Crippen LogP contribution in [0.1, 0.15) is 49.0 Å². The molecule has 0 bridgehead atoms. The fraction of sp³-hybridized carbons (Fsp3) is 0.345. The van der Waals surface area contributed by atoms with Crippen molar-refractivity contribution in [1.29, 1.82) is 0 Å². The Labute approximate surface area is 210 Å². The molecule has 0 radical (unpaired) electrons. The molecule has 0 N–H and O–H groups in total. The van der Waals surface area contributed by atoms with E-state index in [-0.39, 0.29) is 17.3 Å². The van der Waals surface area contributed by atoms with Crippen molar-refractivity contribution in [3.8, 4) is 5.75 Å². The minimum Gasteiger partial charge on any atom is -0.489 e. The Balaban J connectivity index is 1.29. The minimum atomic E-state index is -0.494. The maximum absolute atomic E-state index is 12.8. The van der Waals surface area contributed by atoms with Crippen LogP contribution in [0.5, 0.6) is 5.75 Å². The maximum atomic E-state index is 12.8. The Bertz CT molecular complexity index is 1340. The zero-order chi connectivity index (χ0) is 24.6. The highest BCUT2D eigenvalue weighted by Gasteiger charge is 2.62. The molecule has 1 saturated carbocycles. The SMILES string of the molecule is Cc1cc(COc2ccc(CC3(c4nccs4)CC3C(=O)OC(C)(C)C)cc2)c2ccccc2n1. The average molecular weight is 487 g/mol. The number of ether oxygens (including phenoxy) is 2. The number of fused-ring (bicyclic) bond motifs is 1. The van der Waals surface area contributed by atoms with Crippen molar-refractivity contribution in [2.45, 2.75) is 58.2 Å². The molecule has 2 aromatic carbocycles. The number of hydrogen-bond acceptors (Lipinski definition) is 6. The van der Waals surface area contributed by atoms with E-state index in [2.05, 4.69) is 34.2 Å². The molecule has 0 spiro atoms. The van der Waals surface area contributed by atoms with E-state index in [1.165, 1.54) is 0 Å². The second-order valence-corrected chi connectivity index (χ2v) is 11.2. The van der Waals surface area contributed by atoms with Crippen LogP contribution in [0.2, 0.25) is 0 Å². The third-order valence-corrected chi connectivity index (χ3v) is 7.39. The molecule has 2 heterocycles. The standard InChI is InChI=1S/C29H30N2O3S/c1-19-15-21(23-7-5-6-8-25(23)31-19)18-33-22-11-9-20(10-12-22)16-29(27-30-13-14-35-27)17-24(29)26(32)34-28(2,3)4/h5-15,24H,16-18H2,1-4H3. The zero-order valence-corrected chi connectivity index (χ0v) is 21.4. The number of pyridine rings is 1. The number of nitrogens with zero attached hydrogens (tertiary/aromatic N) is 2. The molecule has 0 aliphatic heterocycles. The van der Waals surface area contributed by atoms with E-state index in [0.717, 1.165) is 51.3 Å². The molecule has 0 amide bonds. The Kier molecular flexibility index (Phi) is 6.09. The summed E-state index contributed by atoms with van der Waals surface area (Å²) in [6, 6.07) is 18.4. The first kappa shape index (κ1) is 23.5. The maximum Gasteiger partial charge on any atom is 0.310 e. The van der Waals surface area contributed by atoms with Gasteiger partial charge in [-0.25, -0.2) is 4.98 Å². The number of thiazole rings is 1. The molecule has 1 aliphatic rings. The second kappa shape index (κ2) is 9.08. The summed E-state index contributed by atoms with van der Waals surface area (Å²) in [6.07, 6.45) is 3.33. The van der Waals surface area contributed by atoms with Gasteiger partial charge < -0.3 is 9.47 Å². The number of aryl methyl sites for hydroxylation is 1. The van der Waals surface area contributed by atoms with E-state index in [1.807, 2.05) is 69.6 Å². The number of carbonyl (C=O) groups is 1. The Hall–Kier alpha value is -3.25. The smallest absolute Gasteiger partial charge is 0.310 e. The molecular formula is C29H30N2O3S. The van der Waals surface area contributed by atoms with Gasteiger partial charge in [0.1, 0.15) is 18.0 Å². The minimum absolute atomic E-state index is 0.132. The van der Waals surface area contributed by atoms with Crippen LogP contribution in [0, 0.1) is 12.8 Å². The first-order valence-electron chi connectivity index (χ1n) is 11.9. The number of aromatic nitrogens is 2.